The van der Waals surface area contributed by atoms with E-state index in [1.54, 1.807) is 0 Å². The van der Waals surface area contributed by atoms with Gasteiger partial charge in [0.25, 0.3) is 0 Å². The van der Waals surface area contributed by atoms with Crippen LogP contribution < -0.4 is 0 Å². The van der Waals surface area contributed by atoms with Crippen molar-refractivity contribution in [2.75, 3.05) is 0 Å². The van der Waals surface area contributed by atoms with E-state index in [9.17, 15) is 0 Å². The van der Waals surface area contributed by atoms with E-state index in [4.69, 9.17) is 0 Å². The molecule has 0 saturated carbocycles. The Morgan fingerprint density at radius 3 is 1.22 bits per heavy atom. The fourth-order valence-electron chi connectivity index (χ4n) is 8.96. The van der Waals surface area contributed by atoms with Crippen LogP contribution >= 0.6 is 0 Å². The van der Waals surface area contributed by atoms with E-state index >= 15 is 0 Å². The van der Waals surface area contributed by atoms with Crippen molar-refractivity contribution >= 4 is 76.9 Å². The van der Waals surface area contributed by atoms with Crippen molar-refractivity contribution in [1.29, 1.82) is 0 Å². The summed E-state index contributed by atoms with van der Waals surface area (Å²) in [7, 11) is 0. The van der Waals surface area contributed by atoms with E-state index < -0.39 is 0 Å². The molecular weight excluding hydrogens is 716 g/mol. The molecule has 0 spiro atoms. The fraction of sp³-hybridized carbons (Fsp3) is 0.0189. The molecule has 1 aromatic heterocycles. The fourth-order valence-corrected chi connectivity index (χ4v) is 11.5. The van der Waals surface area contributed by atoms with Crippen LogP contribution in [0, 0.1) is 6.92 Å². The summed E-state index contributed by atoms with van der Waals surface area (Å²) in [5.74, 6) is 0. The standard InChI is InChI=1S/C53H34Se/c1-33-26-28-35(29-27-33)50-37-16-5-7-18-39(37)51(40-19-8-6-17-38(40)50)36-30-31-48-47(32-36)45-24-13-25-46(53(45)54-48)52-43-22-11-9-20-41(43)49(34-14-3-2-4-15-34)42-21-10-12-23-44(42)52/h2-32H,1H3. The van der Waals surface area contributed by atoms with Crippen LogP contribution in [-0.4, -0.2) is 14.5 Å². The zero-order chi connectivity index (χ0) is 35.8. The van der Waals surface area contributed by atoms with Crippen LogP contribution in [-0.2, 0) is 0 Å². The van der Waals surface area contributed by atoms with Gasteiger partial charge in [-0.1, -0.05) is 0 Å². The first kappa shape index (κ1) is 31.3. The number of hydrogen-bond donors (Lipinski definition) is 0. The summed E-state index contributed by atoms with van der Waals surface area (Å²) in [6.45, 7) is 2.16. The minimum absolute atomic E-state index is 0.166. The Bertz CT molecular complexity index is 3140. The van der Waals surface area contributed by atoms with Gasteiger partial charge in [0.05, 0.1) is 0 Å². The Morgan fingerprint density at radius 2 is 0.704 bits per heavy atom. The van der Waals surface area contributed by atoms with Gasteiger partial charge < -0.3 is 0 Å². The Morgan fingerprint density at radius 1 is 0.296 bits per heavy atom. The molecule has 54 heavy (non-hydrogen) atoms. The summed E-state index contributed by atoms with van der Waals surface area (Å²) in [6, 6.07) is 70.2. The van der Waals surface area contributed by atoms with Crippen molar-refractivity contribution in [3.05, 3.63) is 194 Å². The molecule has 10 aromatic carbocycles. The van der Waals surface area contributed by atoms with Crippen LogP contribution in [0.2, 0.25) is 0 Å². The van der Waals surface area contributed by atoms with Gasteiger partial charge >= 0.3 is 315 Å². The second-order valence-electron chi connectivity index (χ2n) is 14.4. The second kappa shape index (κ2) is 12.4. The average Bonchev–Trinajstić information content (AvgIpc) is 3.61. The van der Waals surface area contributed by atoms with Crippen LogP contribution in [0.1, 0.15) is 5.56 Å². The molecule has 11 aromatic rings. The van der Waals surface area contributed by atoms with Gasteiger partial charge in [0.15, 0.2) is 0 Å². The molecule has 0 N–H and O–H groups in total. The number of aryl methyl sites for hydroxylation is 1. The summed E-state index contributed by atoms with van der Waals surface area (Å²) in [5.41, 5.74) is 11.7. The number of rotatable bonds is 4. The molecule has 0 aliphatic heterocycles. The second-order valence-corrected chi connectivity index (χ2v) is 16.6. The SMILES string of the molecule is Cc1ccc(-c2c3ccccc3c(-c3ccc4[se]c5c(-c6c7ccccc7c(-c7ccccc7)c7ccccc67)cccc5c4c3)c3ccccc23)cc1. The third kappa shape index (κ3) is 4.76. The minimum atomic E-state index is 0.166. The molecular formula is C53H34Se. The summed E-state index contributed by atoms with van der Waals surface area (Å²) < 4.78 is 2.93. The molecule has 0 unspecified atom stereocenters. The van der Waals surface area contributed by atoms with E-state index in [1.807, 2.05) is 0 Å². The molecule has 0 saturated heterocycles. The monoisotopic (exact) mass is 750 g/mol. The number of fused-ring (bicyclic) bond motifs is 7. The van der Waals surface area contributed by atoms with Gasteiger partial charge in [-0.3, -0.25) is 0 Å². The van der Waals surface area contributed by atoms with Crippen LogP contribution in [0.4, 0.5) is 0 Å². The maximum atomic E-state index is 2.49. The van der Waals surface area contributed by atoms with E-state index in [0.29, 0.717) is 0 Å². The molecule has 1 heterocycles. The van der Waals surface area contributed by atoms with E-state index in [-0.39, 0.29) is 14.5 Å². The van der Waals surface area contributed by atoms with Gasteiger partial charge in [-0.05, 0) is 6.92 Å². The van der Waals surface area contributed by atoms with E-state index in [2.05, 4.69) is 195 Å². The molecule has 0 radical (unpaired) electrons. The van der Waals surface area contributed by atoms with Gasteiger partial charge in [0.1, 0.15) is 0 Å². The van der Waals surface area contributed by atoms with Crippen LogP contribution in [0.25, 0.3) is 107 Å². The van der Waals surface area contributed by atoms with Gasteiger partial charge in [-0.2, -0.15) is 0 Å². The Balaban J connectivity index is 1.17. The Labute approximate surface area is 320 Å². The van der Waals surface area contributed by atoms with Crippen LogP contribution in [0.15, 0.2) is 188 Å². The Hall–Kier alpha value is -6.24. The molecule has 11 rings (SSSR count). The van der Waals surface area contributed by atoms with Crippen molar-refractivity contribution in [2.24, 2.45) is 0 Å². The molecule has 0 atom stereocenters. The maximum absolute atomic E-state index is 2.49. The van der Waals surface area contributed by atoms with E-state index in [0.717, 1.165) is 0 Å². The Kier molecular flexibility index (Phi) is 7.20. The summed E-state index contributed by atoms with van der Waals surface area (Å²) >= 11 is 0.166. The third-order valence-corrected chi connectivity index (χ3v) is 13.9. The van der Waals surface area contributed by atoms with Crippen molar-refractivity contribution in [3.8, 4) is 44.5 Å². The van der Waals surface area contributed by atoms with Crippen molar-refractivity contribution in [3.63, 3.8) is 0 Å². The van der Waals surface area contributed by atoms with Crippen LogP contribution in [0.3, 0.4) is 0 Å². The topological polar surface area (TPSA) is 0 Å². The van der Waals surface area contributed by atoms with Gasteiger partial charge in [-0.15, -0.1) is 0 Å². The summed E-state index contributed by atoms with van der Waals surface area (Å²) in [5, 5.41) is 13.1. The predicted molar refractivity (Wildman–Crippen MR) is 235 cm³/mol. The van der Waals surface area contributed by atoms with Crippen LogP contribution in [0.5, 0.6) is 0 Å². The molecule has 0 amide bonds. The normalized spacial score (nSPS) is 11.8. The van der Waals surface area contributed by atoms with Crippen molar-refractivity contribution < 1.29 is 0 Å². The molecule has 0 fully saturated rings. The van der Waals surface area contributed by atoms with Gasteiger partial charge in [0, 0.05) is 0 Å². The predicted octanol–water partition coefficient (Wildman–Crippen LogP) is 14.6. The van der Waals surface area contributed by atoms with Crippen molar-refractivity contribution in [1.82, 2.24) is 0 Å². The molecule has 252 valence electrons. The van der Waals surface area contributed by atoms with E-state index in [1.165, 1.54) is 112 Å². The van der Waals surface area contributed by atoms with Crippen molar-refractivity contribution in [2.45, 2.75) is 6.92 Å². The number of hydrogen-bond acceptors (Lipinski definition) is 0. The third-order valence-electron chi connectivity index (χ3n) is 11.3. The molecule has 0 aliphatic rings. The average molecular weight is 750 g/mol. The molecule has 0 aliphatic carbocycles. The molecule has 0 bridgehead atoms. The zero-order valence-corrected chi connectivity index (χ0v) is 31.5. The number of benzene rings is 10. The molecule has 1 heteroatoms. The summed E-state index contributed by atoms with van der Waals surface area (Å²) in [4.78, 5) is 0. The summed E-state index contributed by atoms with van der Waals surface area (Å²) in [6.07, 6.45) is 0. The quantitative estimate of drug-likeness (QED) is 0.124. The first-order valence-electron chi connectivity index (χ1n) is 18.7. The first-order valence-corrected chi connectivity index (χ1v) is 20.4. The first-order chi connectivity index (χ1) is 26.7. The van der Waals surface area contributed by atoms with Gasteiger partial charge in [0.2, 0.25) is 0 Å². The zero-order valence-electron chi connectivity index (χ0n) is 29.8. The van der Waals surface area contributed by atoms with Gasteiger partial charge in [-0.25, -0.2) is 0 Å². The molecule has 0 nitrogen and oxygen atoms in total.